The summed E-state index contributed by atoms with van der Waals surface area (Å²) in [5.41, 5.74) is 1.98. The zero-order valence-electron chi connectivity index (χ0n) is 8.98. The molecule has 0 saturated carbocycles. The molecule has 0 aliphatic rings. The molecule has 2 aromatic rings. The van der Waals surface area contributed by atoms with Crippen LogP contribution in [0.3, 0.4) is 0 Å². The predicted octanol–water partition coefficient (Wildman–Crippen LogP) is 3.42. The van der Waals surface area contributed by atoms with Crippen molar-refractivity contribution in [2.45, 2.75) is 0 Å². The number of benzene rings is 1. The fraction of sp³-hybridized carbons (Fsp3) is 0. The van der Waals surface area contributed by atoms with E-state index in [1.54, 1.807) is 6.08 Å². The van der Waals surface area contributed by atoms with E-state index < -0.39 is 0 Å². The van der Waals surface area contributed by atoms with Crippen LogP contribution in [0.2, 0.25) is 0 Å². The van der Waals surface area contributed by atoms with E-state index in [-0.39, 0.29) is 26.9 Å². The minimum atomic E-state index is 0. The summed E-state index contributed by atoms with van der Waals surface area (Å²) in [7, 11) is 0. The number of hydrogen-bond donors (Lipinski definition) is 0. The predicted molar refractivity (Wildman–Crippen MR) is 61.8 cm³/mol. The van der Waals surface area contributed by atoms with Gasteiger partial charge in [-0.15, -0.1) is 18.6 Å². The van der Waals surface area contributed by atoms with Crippen molar-refractivity contribution in [3.8, 4) is 0 Å². The first-order chi connectivity index (χ1) is 6.40. The van der Waals surface area contributed by atoms with E-state index in [0.717, 1.165) is 11.2 Å². The van der Waals surface area contributed by atoms with Crippen molar-refractivity contribution in [3.63, 3.8) is 0 Å². The van der Waals surface area contributed by atoms with Gasteiger partial charge in [-0.3, -0.25) is 4.98 Å². The van der Waals surface area contributed by atoms with Crippen LogP contribution in [0.4, 0.5) is 0 Å². The number of para-hydroxylation sites is 1. The molecule has 0 saturated heterocycles. The maximum Gasteiger partial charge on any atom is 2.00 e. The van der Waals surface area contributed by atoms with E-state index >= 15 is 0 Å². The summed E-state index contributed by atoms with van der Waals surface area (Å²) >= 11 is 0. The molecule has 0 atom stereocenters. The van der Waals surface area contributed by atoms with Crippen LogP contribution in [0.1, 0.15) is 5.69 Å². The first kappa shape index (κ1) is 13.9. The maximum absolute atomic E-state index is 4.44. The first-order valence-electron chi connectivity index (χ1n) is 4.22. The van der Waals surface area contributed by atoms with Gasteiger partial charge in [0, 0.05) is 0 Å². The summed E-state index contributed by atoms with van der Waals surface area (Å²) < 4.78 is 0. The Kier molecular flexibility index (Phi) is 5.88. The number of pyridine rings is 1. The van der Waals surface area contributed by atoms with E-state index in [2.05, 4.69) is 23.7 Å². The van der Waals surface area contributed by atoms with E-state index in [1.807, 2.05) is 30.7 Å². The molecule has 0 radical (unpaired) electrons. The average Bonchev–Trinajstić information content (AvgIpc) is 2.18. The van der Waals surface area contributed by atoms with Gasteiger partial charge in [0.25, 0.3) is 0 Å². The van der Waals surface area contributed by atoms with Crippen molar-refractivity contribution in [2.24, 2.45) is 0 Å². The molecule has 0 N–H and O–H groups in total. The van der Waals surface area contributed by atoms with Gasteiger partial charge in [-0.2, -0.15) is 12.7 Å². The van der Waals surface area contributed by atoms with Crippen LogP contribution in [-0.2, 0) is 19.5 Å². The Morgan fingerprint density at radius 1 is 1.13 bits per heavy atom. The first-order valence-corrected chi connectivity index (χ1v) is 4.22. The van der Waals surface area contributed by atoms with Gasteiger partial charge in [0.05, 0.1) is 5.52 Å². The van der Waals surface area contributed by atoms with Crippen molar-refractivity contribution in [1.29, 1.82) is 0 Å². The average molecular weight is 249 g/mol. The van der Waals surface area contributed by atoms with Crippen molar-refractivity contribution < 1.29 is 19.5 Å². The topological polar surface area (TPSA) is 12.9 Å². The van der Waals surface area contributed by atoms with Gasteiger partial charge in [0.2, 0.25) is 0 Å². The smallest absolute Gasteiger partial charge is 0.358 e. The number of allylic oxidation sites excluding steroid dienone is 1. The molecule has 0 spiro atoms. The molecule has 2 rings (SSSR count). The summed E-state index contributed by atoms with van der Waals surface area (Å²) in [6.45, 7) is 3.64. The Morgan fingerprint density at radius 3 is 2.60 bits per heavy atom. The number of fused-ring (bicyclic) bond motifs is 1. The molecule has 0 aliphatic heterocycles. The van der Waals surface area contributed by atoms with E-state index in [4.69, 9.17) is 0 Å². The Hall–Kier alpha value is -1.14. The van der Waals surface area contributed by atoms with Crippen LogP contribution in [0, 0.1) is 13.8 Å². The Balaban J connectivity index is 0.000000980. The molecular formula is C13H13NZn. The SMILES string of the molecule is C=C[CH-]c1ccc2ccccc2n1.[CH3-].[Zn+2]. The Morgan fingerprint density at radius 2 is 1.87 bits per heavy atom. The third-order valence-electron chi connectivity index (χ3n) is 1.91. The van der Waals surface area contributed by atoms with Gasteiger partial charge in [-0.1, -0.05) is 18.2 Å². The molecule has 0 aliphatic carbocycles. The molecule has 0 bridgehead atoms. The van der Waals surface area contributed by atoms with E-state index in [9.17, 15) is 0 Å². The van der Waals surface area contributed by atoms with Crippen LogP contribution in [0.5, 0.6) is 0 Å². The van der Waals surface area contributed by atoms with E-state index in [1.165, 1.54) is 5.39 Å². The molecule has 1 nitrogen and oxygen atoms in total. The molecule has 0 amide bonds. The van der Waals surface area contributed by atoms with Crippen molar-refractivity contribution in [1.82, 2.24) is 4.98 Å². The van der Waals surface area contributed by atoms with Crippen molar-refractivity contribution in [3.05, 3.63) is 68.6 Å². The number of rotatable bonds is 2. The molecule has 0 fully saturated rings. The Labute approximate surface area is 104 Å². The third kappa shape index (κ3) is 3.18. The molecule has 15 heavy (non-hydrogen) atoms. The third-order valence-corrected chi connectivity index (χ3v) is 1.91. The standard InChI is InChI=1S/C12H10N.CH3.Zn/c1-2-5-11-9-8-10-6-3-4-7-12(10)13-11;;/h2-9H,1H2;1H3;/q2*-1;+2. The van der Waals surface area contributed by atoms with Crippen LogP contribution in [0.15, 0.2) is 49.1 Å². The minimum Gasteiger partial charge on any atom is -0.358 e. The number of aromatic nitrogens is 1. The minimum absolute atomic E-state index is 0. The van der Waals surface area contributed by atoms with Gasteiger partial charge >= 0.3 is 19.5 Å². The fourth-order valence-electron chi connectivity index (χ4n) is 1.30. The van der Waals surface area contributed by atoms with Gasteiger partial charge in [0.1, 0.15) is 0 Å². The summed E-state index contributed by atoms with van der Waals surface area (Å²) in [5, 5.41) is 1.17. The molecular weight excluding hydrogens is 236 g/mol. The van der Waals surface area contributed by atoms with Crippen molar-refractivity contribution >= 4 is 10.9 Å². The summed E-state index contributed by atoms with van der Waals surface area (Å²) in [5.74, 6) is 0. The molecule has 1 aromatic carbocycles. The second kappa shape index (κ2) is 6.37. The normalized spacial score (nSPS) is 8.53. The molecule has 72 valence electrons. The van der Waals surface area contributed by atoms with Gasteiger partial charge in [-0.25, -0.2) is 0 Å². The summed E-state index contributed by atoms with van der Waals surface area (Å²) in [6.07, 6.45) is 3.64. The maximum atomic E-state index is 4.44. The Bertz CT molecular complexity index is 437. The summed E-state index contributed by atoms with van der Waals surface area (Å²) in [4.78, 5) is 4.44. The largest absolute Gasteiger partial charge is 2.00 e. The van der Waals surface area contributed by atoms with E-state index in [0.29, 0.717) is 0 Å². The quantitative estimate of drug-likeness (QED) is 0.586. The van der Waals surface area contributed by atoms with Gasteiger partial charge < -0.3 is 7.43 Å². The zero-order valence-corrected chi connectivity index (χ0v) is 11.9. The van der Waals surface area contributed by atoms with Crippen molar-refractivity contribution in [2.75, 3.05) is 0 Å². The fourth-order valence-corrected chi connectivity index (χ4v) is 1.30. The van der Waals surface area contributed by atoms with Crippen LogP contribution >= 0.6 is 0 Å². The van der Waals surface area contributed by atoms with Crippen LogP contribution < -0.4 is 0 Å². The summed E-state index contributed by atoms with van der Waals surface area (Å²) in [6, 6.07) is 12.1. The molecule has 1 aromatic heterocycles. The van der Waals surface area contributed by atoms with Crippen LogP contribution in [0.25, 0.3) is 10.9 Å². The van der Waals surface area contributed by atoms with Gasteiger partial charge in [-0.05, 0) is 17.1 Å². The molecule has 0 unspecified atom stereocenters. The zero-order chi connectivity index (χ0) is 9.10. The second-order valence-electron chi connectivity index (χ2n) is 2.83. The van der Waals surface area contributed by atoms with Gasteiger partial charge in [0.15, 0.2) is 0 Å². The second-order valence-corrected chi connectivity index (χ2v) is 2.83. The number of nitrogens with zero attached hydrogens (tertiary/aromatic N) is 1. The monoisotopic (exact) mass is 247 g/mol. The molecule has 1 heterocycles. The molecule has 2 heteroatoms. The number of hydrogen-bond acceptors (Lipinski definition) is 1. The van der Waals surface area contributed by atoms with Crippen LogP contribution in [-0.4, -0.2) is 4.98 Å².